The van der Waals surface area contributed by atoms with Crippen molar-refractivity contribution in [2.75, 3.05) is 0 Å². The van der Waals surface area contributed by atoms with Crippen LogP contribution in [0.25, 0.3) is 33.3 Å². The maximum absolute atomic E-state index is 13.3. The van der Waals surface area contributed by atoms with Crippen molar-refractivity contribution in [2.24, 2.45) is 0 Å². The SMILES string of the molecule is O=S(=O)(Sc1nc(-c2ccccc2)nc2ccccc12)c1cccc2n[se]nc12. The molecule has 0 radical (unpaired) electrons. The molecule has 0 aliphatic carbocycles. The van der Waals surface area contributed by atoms with E-state index in [1.165, 1.54) is 0 Å². The summed E-state index contributed by atoms with van der Waals surface area (Å²) in [5, 5.41) is 1.09. The average molecular weight is 483 g/mol. The van der Waals surface area contributed by atoms with E-state index in [1.54, 1.807) is 18.2 Å². The Morgan fingerprint density at radius 1 is 0.759 bits per heavy atom. The first-order chi connectivity index (χ1) is 14.1. The summed E-state index contributed by atoms with van der Waals surface area (Å²) >= 11 is -0.305. The number of para-hydroxylation sites is 1. The van der Waals surface area contributed by atoms with Gasteiger partial charge in [0.15, 0.2) is 0 Å². The Morgan fingerprint density at radius 2 is 1.52 bits per heavy atom. The summed E-state index contributed by atoms with van der Waals surface area (Å²) in [6.45, 7) is 0. The molecule has 0 saturated heterocycles. The van der Waals surface area contributed by atoms with Gasteiger partial charge >= 0.3 is 177 Å². The van der Waals surface area contributed by atoms with Gasteiger partial charge in [-0.05, 0) is 0 Å². The number of nitrogens with zero attached hydrogens (tertiary/aromatic N) is 4. The first-order valence-electron chi connectivity index (χ1n) is 8.60. The van der Waals surface area contributed by atoms with E-state index < -0.39 is 8.87 Å². The molecule has 0 aliphatic rings. The number of rotatable bonds is 4. The standard InChI is InChI=1S/C20H12N4O2S2Se/c25-28(26,17-12-6-11-16-18(17)24-29-23-16)27-20-14-9-4-5-10-15(14)21-19(22-20)13-7-2-1-3-8-13/h1-12H. The third kappa shape index (κ3) is 3.47. The van der Waals surface area contributed by atoms with Gasteiger partial charge in [0.05, 0.1) is 0 Å². The minimum absolute atomic E-state index is 0.173. The van der Waals surface area contributed by atoms with Crippen LogP contribution in [0.2, 0.25) is 0 Å². The number of fused-ring (bicyclic) bond motifs is 2. The number of aromatic nitrogens is 4. The molecule has 0 atom stereocenters. The van der Waals surface area contributed by atoms with Crippen molar-refractivity contribution in [3.8, 4) is 11.4 Å². The molecule has 0 unspecified atom stereocenters. The van der Waals surface area contributed by atoms with Crippen molar-refractivity contribution in [3.05, 3.63) is 72.8 Å². The zero-order chi connectivity index (χ0) is 19.8. The fourth-order valence-corrected chi connectivity index (χ4v) is 7.24. The predicted molar refractivity (Wildman–Crippen MR) is 114 cm³/mol. The summed E-state index contributed by atoms with van der Waals surface area (Å²) in [5.41, 5.74) is 2.60. The molecule has 5 rings (SSSR count). The quantitative estimate of drug-likeness (QED) is 0.219. The summed E-state index contributed by atoms with van der Waals surface area (Å²) in [7, 11) is -3.02. The molecule has 5 aromatic rings. The third-order valence-electron chi connectivity index (χ3n) is 4.31. The Kier molecular flexibility index (Phi) is 4.67. The normalized spacial score (nSPS) is 11.9. The third-order valence-corrected chi connectivity index (χ3v) is 8.67. The van der Waals surface area contributed by atoms with Gasteiger partial charge in [0.25, 0.3) is 0 Å². The van der Waals surface area contributed by atoms with Crippen molar-refractivity contribution >= 4 is 56.6 Å². The van der Waals surface area contributed by atoms with Gasteiger partial charge < -0.3 is 0 Å². The second-order valence-corrected chi connectivity index (χ2v) is 11.0. The van der Waals surface area contributed by atoms with Gasteiger partial charge in [-0.1, -0.05) is 0 Å². The van der Waals surface area contributed by atoms with Crippen LogP contribution in [0.15, 0.2) is 82.7 Å². The van der Waals surface area contributed by atoms with Crippen molar-refractivity contribution in [1.29, 1.82) is 0 Å². The molecular weight excluding hydrogens is 471 g/mol. The van der Waals surface area contributed by atoms with Gasteiger partial charge in [-0.15, -0.1) is 0 Å². The Morgan fingerprint density at radius 3 is 2.38 bits per heavy atom. The van der Waals surface area contributed by atoms with Crippen LogP contribution in [-0.2, 0) is 8.87 Å². The van der Waals surface area contributed by atoms with E-state index in [-0.39, 0.29) is 19.9 Å². The molecule has 2 heterocycles. The van der Waals surface area contributed by atoms with Gasteiger partial charge in [-0.3, -0.25) is 0 Å². The number of hydrogen-bond acceptors (Lipinski definition) is 7. The van der Waals surface area contributed by atoms with Gasteiger partial charge in [-0.2, -0.15) is 0 Å². The molecule has 0 fully saturated rings. The molecule has 0 N–H and O–H groups in total. The second kappa shape index (κ2) is 7.35. The number of hydrogen-bond donors (Lipinski definition) is 0. The van der Waals surface area contributed by atoms with Crippen molar-refractivity contribution < 1.29 is 8.42 Å². The second-order valence-electron chi connectivity index (χ2n) is 6.16. The van der Waals surface area contributed by atoms with Crippen molar-refractivity contribution in [3.63, 3.8) is 0 Å². The Bertz CT molecular complexity index is 1450. The van der Waals surface area contributed by atoms with E-state index in [2.05, 4.69) is 17.9 Å². The molecule has 9 heteroatoms. The van der Waals surface area contributed by atoms with Crippen LogP contribution < -0.4 is 0 Å². The zero-order valence-electron chi connectivity index (χ0n) is 14.8. The van der Waals surface area contributed by atoms with Crippen LogP contribution in [0.3, 0.4) is 0 Å². The predicted octanol–water partition coefficient (Wildman–Crippen LogP) is 3.78. The van der Waals surface area contributed by atoms with E-state index in [4.69, 9.17) is 0 Å². The van der Waals surface area contributed by atoms with Crippen molar-refractivity contribution in [2.45, 2.75) is 9.92 Å². The topological polar surface area (TPSA) is 85.7 Å². The summed E-state index contributed by atoms with van der Waals surface area (Å²) in [6, 6.07) is 22.0. The molecule has 3 aromatic carbocycles. The minimum atomic E-state index is -3.75. The fourth-order valence-electron chi connectivity index (χ4n) is 2.96. The zero-order valence-corrected chi connectivity index (χ0v) is 18.1. The van der Waals surface area contributed by atoms with Gasteiger partial charge in [0, 0.05) is 0 Å². The van der Waals surface area contributed by atoms with Crippen molar-refractivity contribution in [1.82, 2.24) is 17.9 Å². The number of benzene rings is 3. The van der Waals surface area contributed by atoms with Crippen LogP contribution >= 0.6 is 10.8 Å². The molecule has 6 nitrogen and oxygen atoms in total. The molecule has 29 heavy (non-hydrogen) atoms. The van der Waals surface area contributed by atoms with Crippen LogP contribution in [0.1, 0.15) is 0 Å². The molecule has 0 amide bonds. The summed E-state index contributed by atoms with van der Waals surface area (Å²) in [4.78, 5) is 9.39. The van der Waals surface area contributed by atoms with E-state index in [0.29, 0.717) is 32.8 Å². The van der Waals surface area contributed by atoms with E-state index in [9.17, 15) is 8.42 Å². The van der Waals surface area contributed by atoms with Gasteiger partial charge in [-0.25, -0.2) is 0 Å². The Balaban J connectivity index is 1.67. The van der Waals surface area contributed by atoms with Gasteiger partial charge in [0.2, 0.25) is 0 Å². The summed E-state index contributed by atoms with van der Waals surface area (Å²) in [5.74, 6) is 0.489. The molecular formula is C20H12N4O2S2Se. The first kappa shape index (κ1) is 18.4. The van der Waals surface area contributed by atoms with Crippen LogP contribution in [0, 0.1) is 0 Å². The van der Waals surface area contributed by atoms with E-state index in [0.717, 1.165) is 16.4 Å². The van der Waals surface area contributed by atoms with Gasteiger partial charge in [0.1, 0.15) is 0 Å². The molecule has 0 bridgehead atoms. The fraction of sp³-hybridized carbons (Fsp3) is 0. The molecule has 0 saturated carbocycles. The van der Waals surface area contributed by atoms with E-state index in [1.807, 2.05) is 54.6 Å². The van der Waals surface area contributed by atoms with Crippen LogP contribution in [-0.4, -0.2) is 41.3 Å². The Hall–Kier alpha value is -2.58. The Labute approximate surface area is 176 Å². The average Bonchev–Trinajstić information content (AvgIpc) is 3.23. The molecule has 2 aromatic heterocycles. The summed E-state index contributed by atoms with van der Waals surface area (Å²) in [6.07, 6.45) is 0. The van der Waals surface area contributed by atoms with Crippen LogP contribution in [0.5, 0.6) is 0 Å². The summed E-state index contributed by atoms with van der Waals surface area (Å²) < 4.78 is 35.1. The molecule has 142 valence electrons. The molecule has 0 aliphatic heterocycles. The molecule has 0 spiro atoms. The van der Waals surface area contributed by atoms with E-state index >= 15 is 0 Å². The maximum atomic E-state index is 13.3. The monoisotopic (exact) mass is 484 g/mol. The van der Waals surface area contributed by atoms with Crippen LogP contribution in [0.4, 0.5) is 0 Å². The first-order valence-corrected chi connectivity index (χ1v) is 12.9.